The summed E-state index contributed by atoms with van der Waals surface area (Å²) in [6.45, 7) is 0.370. The van der Waals surface area contributed by atoms with Crippen LogP contribution in [0.2, 0.25) is 5.02 Å². The van der Waals surface area contributed by atoms with E-state index in [4.69, 9.17) is 11.6 Å². The average Bonchev–Trinajstić information content (AvgIpc) is 2.70. The number of hydrogen-bond acceptors (Lipinski definition) is 4. The van der Waals surface area contributed by atoms with E-state index in [1.54, 1.807) is 6.20 Å². The van der Waals surface area contributed by atoms with Crippen LogP contribution in [0.1, 0.15) is 16.1 Å². The predicted octanol–water partition coefficient (Wildman–Crippen LogP) is 3.65. The summed E-state index contributed by atoms with van der Waals surface area (Å²) in [6, 6.07) is 14.2. The number of aromatic nitrogens is 1. The lowest BCUT2D eigenvalue weighted by atomic mass is 10.2. The Labute approximate surface area is 172 Å². The van der Waals surface area contributed by atoms with Gasteiger partial charge in [-0.2, -0.15) is 0 Å². The SMILES string of the molecule is O=C(NCCc1ccccn1)c1ccc(Cl)c(NS(=O)(=O)c2ccc(F)cc2)c1. The van der Waals surface area contributed by atoms with Crippen molar-refractivity contribution in [1.82, 2.24) is 10.3 Å². The van der Waals surface area contributed by atoms with Crippen LogP contribution in [0.15, 0.2) is 71.8 Å². The predicted molar refractivity (Wildman–Crippen MR) is 109 cm³/mol. The molecule has 3 aromatic rings. The van der Waals surface area contributed by atoms with Crippen molar-refractivity contribution >= 4 is 33.2 Å². The van der Waals surface area contributed by atoms with Crippen molar-refractivity contribution < 1.29 is 17.6 Å². The molecular formula is C20H17ClFN3O3S. The Balaban J connectivity index is 1.70. The molecule has 0 aliphatic carbocycles. The van der Waals surface area contributed by atoms with Gasteiger partial charge in [-0.15, -0.1) is 0 Å². The highest BCUT2D eigenvalue weighted by Gasteiger charge is 2.17. The van der Waals surface area contributed by atoms with Crippen LogP contribution in [0.3, 0.4) is 0 Å². The van der Waals surface area contributed by atoms with E-state index in [-0.39, 0.29) is 27.1 Å². The summed E-state index contributed by atoms with van der Waals surface area (Å²) in [5.74, 6) is -0.925. The lowest BCUT2D eigenvalue weighted by Crippen LogP contribution is -2.26. The highest BCUT2D eigenvalue weighted by molar-refractivity contribution is 7.92. The molecule has 0 radical (unpaired) electrons. The smallest absolute Gasteiger partial charge is 0.261 e. The molecule has 0 bridgehead atoms. The number of pyridine rings is 1. The van der Waals surface area contributed by atoms with Crippen LogP contribution >= 0.6 is 11.6 Å². The number of amides is 1. The van der Waals surface area contributed by atoms with E-state index in [0.717, 1.165) is 30.0 Å². The molecule has 9 heteroatoms. The lowest BCUT2D eigenvalue weighted by molar-refractivity contribution is 0.0954. The number of rotatable bonds is 7. The molecule has 2 aromatic carbocycles. The Hall–Kier alpha value is -2.97. The van der Waals surface area contributed by atoms with Gasteiger partial charge in [0.2, 0.25) is 0 Å². The van der Waals surface area contributed by atoms with Gasteiger partial charge in [-0.3, -0.25) is 14.5 Å². The number of carbonyl (C=O) groups is 1. The van der Waals surface area contributed by atoms with Gasteiger partial charge in [-0.25, -0.2) is 12.8 Å². The van der Waals surface area contributed by atoms with Gasteiger partial charge in [0.05, 0.1) is 15.6 Å². The molecule has 3 rings (SSSR count). The van der Waals surface area contributed by atoms with Crippen LogP contribution in [-0.4, -0.2) is 25.9 Å². The second kappa shape index (κ2) is 9.02. The molecule has 0 saturated carbocycles. The fourth-order valence-corrected chi connectivity index (χ4v) is 3.81. The number of nitrogens with one attached hydrogen (secondary N) is 2. The van der Waals surface area contributed by atoms with E-state index in [1.165, 1.54) is 18.2 Å². The minimum absolute atomic E-state index is 0.0494. The van der Waals surface area contributed by atoms with Gasteiger partial charge in [0.15, 0.2) is 0 Å². The lowest BCUT2D eigenvalue weighted by Gasteiger charge is -2.12. The van der Waals surface area contributed by atoms with Gasteiger partial charge in [0.1, 0.15) is 5.82 Å². The second-order valence-corrected chi connectivity index (χ2v) is 8.17. The van der Waals surface area contributed by atoms with Gasteiger partial charge in [0, 0.05) is 30.4 Å². The van der Waals surface area contributed by atoms with E-state index in [2.05, 4.69) is 15.0 Å². The van der Waals surface area contributed by atoms with Crippen LogP contribution < -0.4 is 10.0 Å². The molecule has 0 aliphatic rings. The Morgan fingerprint density at radius 1 is 1.07 bits per heavy atom. The molecule has 150 valence electrons. The number of halogens is 2. The van der Waals surface area contributed by atoms with Gasteiger partial charge < -0.3 is 5.32 Å². The summed E-state index contributed by atoms with van der Waals surface area (Å²) in [5, 5.41) is 2.88. The molecule has 0 spiro atoms. The first-order valence-electron chi connectivity index (χ1n) is 8.61. The van der Waals surface area contributed by atoms with Crippen molar-refractivity contribution in [2.24, 2.45) is 0 Å². The number of hydrogen-bond donors (Lipinski definition) is 2. The fraction of sp³-hybridized carbons (Fsp3) is 0.100. The van der Waals surface area contributed by atoms with Crippen LogP contribution in [-0.2, 0) is 16.4 Å². The monoisotopic (exact) mass is 433 g/mol. The maximum atomic E-state index is 13.0. The summed E-state index contributed by atoms with van der Waals surface area (Å²) in [4.78, 5) is 16.4. The van der Waals surface area contributed by atoms with Crippen molar-refractivity contribution in [3.8, 4) is 0 Å². The highest BCUT2D eigenvalue weighted by atomic mass is 35.5. The maximum Gasteiger partial charge on any atom is 0.261 e. The average molecular weight is 434 g/mol. The Bertz CT molecular complexity index is 1110. The minimum Gasteiger partial charge on any atom is -0.352 e. The Morgan fingerprint density at radius 2 is 1.83 bits per heavy atom. The van der Waals surface area contributed by atoms with Gasteiger partial charge in [-0.05, 0) is 54.6 Å². The summed E-state index contributed by atoms with van der Waals surface area (Å²) in [7, 11) is -3.99. The van der Waals surface area contributed by atoms with Crippen LogP contribution in [0, 0.1) is 5.82 Å². The summed E-state index contributed by atoms with van der Waals surface area (Å²) >= 11 is 6.08. The first-order valence-corrected chi connectivity index (χ1v) is 10.5. The van der Waals surface area contributed by atoms with Crippen molar-refractivity contribution in [3.63, 3.8) is 0 Å². The number of sulfonamides is 1. The molecular weight excluding hydrogens is 417 g/mol. The Kier molecular flexibility index (Phi) is 6.46. The molecule has 6 nitrogen and oxygen atoms in total. The molecule has 0 atom stereocenters. The van der Waals surface area contributed by atoms with Crippen LogP contribution in [0.4, 0.5) is 10.1 Å². The summed E-state index contributed by atoms with van der Waals surface area (Å²) in [5.41, 5.74) is 1.14. The van der Waals surface area contributed by atoms with Crippen LogP contribution in [0.25, 0.3) is 0 Å². The zero-order chi connectivity index (χ0) is 20.9. The first kappa shape index (κ1) is 20.8. The number of nitrogens with zero attached hydrogens (tertiary/aromatic N) is 1. The minimum atomic E-state index is -3.99. The largest absolute Gasteiger partial charge is 0.352 e. The zero-order valence-electron chi connectivity index (χ0n) is 15.1. The molecule has 1 amide bonds. The molecule has 1 aromatic heterocycles. The summed E-state index contributed by atoms with van der Waals surface area (Å²) in [6.07, 6.45) is 2.24. The molecule has 2 N–H and O–H groups in total. The fourth-order valence-electron chi connectivity index (χ4n) is 2.51. The van der Waals surface area contributed by atoms with E-state index in [9.17, 15) is 17.6 Å². The van der Waals surface area contributed by atoms with Gasteiger partial charge >= 0.3 is 0 Å². The quantitative estimate of drug-likeness (QED) is 0.595. The summed E-state index contributed by atoms with van der Waals surface area (Å²) < 4.78 is 40.3. The third kappa shape index (κ3) is 5.52. The van der Waals surface area contributed by atoms with E-state index < -0.39 is 15.8 Å². The van der Waals surface area contributed by atoms with Crippen molar-refractivity contribution in [1.29, 1.82) is 0 Å². The Morgan fingerprint density at radius 3 is 2.52 bits per heavy atom. The first-order chi connectivity index (χ1) is 13.8. The zero-order valence-corrected chi connectivity index (χ0v) is 16.7. The number of benzene rings is 2. The van der Waals surface area contributed by atoms with Gasteiger partial charge in [-0.1, -0.05) is 17.7 Å². The topological polar surface area (TPSA) is 88.2 Å². The van der Waals surface area contributed by atoms with E-state index in [0.29, 0.717) is 13.0 Å². The molecule has 0 fully saturated rings. The number of anilines is 1. The second-order valence-electron chi connectivity index (χ2n) is 6.08. The van der Waals surface area contributed by atoms with Gasteiger partial charge in [0.25, 0.3) is 15.9 Å². The standard InChI is InChI=1S/C20H17ClFN3O3S/c21-18-9-4-14(20(26)24-12-10-16-3-1-2-11-23-16)13-19(18)25-29(27,28)17-7-5-15(22)6-8-17/h1-9,11,13,25H,10,12H2,(H,24,26). The molecule has 0 aliphatic heterocycles. The molecule has 0 saturated heterocycles. The highest BCUT2D eigenvalue weighted by Crippen LogP contribution is 2.26. The molecule has 1 heterocycles. The van der Waals surface area contributed by atoms with Crippen molar-refractivity contribution in [2.45, 2.75) is 11.3 Å². The normalized spacial score (nSPS) is 11.1. The number of carbonyl (C=O) groups excluding carboxylic acids is 1. The molecule has 29 heavy (non-hydrogen) atoms. The third-order valence-electron chi connectivity index (χ3n) is 3.99. The maximum absolute atomic E-state index is 13.0. The molecule has 0 unspecified atom stereocenters. The third-order valence-corrected chi connectivity index (χ3v) is 5.70. The van der Waals surface area contributed by atoms with E-state index >= 15 is 0 Å². The van der Waals surface area contributed by atoms with Crippen LogP contribution in [0.5, 0.6) is 0 Å². The van der Waals surface area contributed by atoms with Crippen molar-refractivity contribution in [2.75, 3.05) is 11.3 Å². The van der Waals surface area contributed by atoms with Crippen molar-refractivity contribution in [3.05, 3.63) is 89.0 Å². The van der Waals surface area contributed by atoms with E-state index in [1.807, 2.05) is 18.2 Å².